The number of nitrogens with one attached hydrogen (secondary N) is 1. The lowest BCUT2D eigenvalue weighted by Crippen LogP contribution is -2.12. The number of halogens is 2. The molecule has 7 heteroatoms. The summed E-state index contributed by atoms with van der Waals surface area (Å²) in [4.78, 5) is 20.3. The number of amides is 1. The fraction of sp³-hybridized carbons (Fsp3) is 0. The van der Waals surface area contributed by atoms with Crippen LogP contribution in [0.4, 0.5) is 5.13 Å². The fourth-order valence-electron chi connectivity index (χ4n) is 1.67. The van der Waals surface area contributed by atoms with Crippen LogP contribution in [0.5, 0.6) is 0 Å². The van der Waals surface area contributed by atoms with Crippen molar-refractivity contribution in [1.29, 1.82) is 0 Å². The van der Waals surface area contributed by atoms with E-state index in [2.05, 4.69) is 31.2 Å². The standard InChI is InChI=1S/C13H7BrClN3OS/c14-7-3-4-9-10(6-7)20-13(17-9)18-12(19)8-2-1-5-16-11(8)15/h1-6H,(H,17,18,19). The van der Waals surface area contributed by atoms with Gasteiger partial charge in [-0.3, -0.25) is 10.1 Å². The van der Waals surface area contributed by atoms with Gasteiger partial charge in [0.25, 0.3) is 5.91 Å². The number of thiazole rings is 1. The van der Waals surface area contributed by atoms with E-state index in [0.29, 0.717) is 10.7 Å². The summed E-state index contributed by atoms with van der Waals surface area (Å²) in [6.07, 6.45) is 1.54. The summed E-state index contributed by atoms with van der Waals surface area (Å²) >= 11 is 10.7. The maximum Gasteiger partial charge on any atom is 0.260 e. The van der Waals surface area contributed by atoms with Crippen LogP contribution in [0.1, 0.15) is 10.4 Å². The van der Waals surface area contributed by atoms with Crippen molar-refractivity contribution in [3.05, 3.63) is 51.7 Å². The summed E-state index contributed by atoms with van der Waals surface area (Å²) in [6, 6.07) is 9.04. The first kappa shape index (κ1) is 13.5. The second-order valence-corrected chi connectivity index (χ2v) is 6.23. The number of rotatable bonds is 2. The van der Waals surface area contributed by atoms with Crippen LogP contribution in [0.25, 0.3) is 10.2 Å². The van der Waals surface area contributed by atoms with Crippen LogP contribution in [0, 0.1) is 0 Å². The van der Waals surface area contributed by atoms with E-state index < -0.39 is 0 Å². The number of benzene rings is 1. The van der Waals surface area contributed by atoms with Gasteiger partial charge in [0, 0.05) is 10.7 Å². The molecule has 0 radical (unpaired) electrons. The molecule has 0 fully saturated rings. The minimum absolute atomic E-state index is 0.175. The molecule has 4 nitrogen and oxygen atoms in total. The highest BCUT2D eigenvalue weighted by molar-refractivity contribution is 9.10. The molecule has 1 N–H and O–H groups in total. The van der Waals surface area contributed by atoms with Crippen molar-refractivity contribution in [1.82, 2.24) is 9.97 Å². The van der Waals surface area contributed by atoms with Crippen LogP contribution in [-0.2, 0) is 0 Å². The zero-order chi connectivity index (χ0) is 14.1. The van der Waals surface area contributed by atoms with Gasteiger partial charge >= 0.3 is 0 Å². The zero-order valence-corrected chi connectivity index (χ0v) is 13.1. The first-order valence-corrected chi connectivity index (χ1v) is 7.60. The SMILES string of the molecule is O=C(Nc1nc2ccc(Br)cc2s1)c1cccnc1Cl. The summed E-state index contributed by atoms with van der Waals surface area (Å²) in [7, 11) is 0. The molecule has 1 aromatic carbocycles. The van der Waals surface area contributed by atoms with Gasteiger partial charge < -0.3 is 0 Å². The Morgan fingerprint density at radius 1 is 1.35 bits per heavy atom. The topological polar surface area (TPSA) is 54.9 Å². The predicted octanol–water partition coefficient (Wildman–Crippen LogP) is 4.36. The summed E-state index contributed by atoms with van der Waals surface area (Å²) in [5.41, 5.74) is 1.17. The summed E-state index contributed by atoms with van der Waals surface area (Å²) in [5, 5.41) is 3.44. The van der Waals surface area contributed by atoms with Crippen molar-refractivity contribution in [3.63, 3.8) is 0 Å². The number of pyridine rings is 1. The van der Waals surface area contributed by atoms with Crippen molar-refractivity contribution in [3.8, 4) is 0 Å². The van der Waals surface area contributed by atoms with E-state index in [1.54, 1.807) is 12.1 Å². The molecule has 0 atom stereocenters. The molecule has 3 aromatic rings. The minimum Gasteiger partial charge on any atom is -0.298 e. The van der Waals surface area contributed by atoms with Crippen molar-refractivity contribution in [2.24, 2.45) is 0 Å². The van der Waals surface area contributed by atoms with Crippen LogP contribution >= 0.6 is 38.9 Å². The Labute approximate surface area is 131 Å². The lowest BCUT2D eigenvalue weighted by Gasteiger charge is -2.02. The molecule has 0 unspecified atom stereocenters. The number of hydrogen-bond donors (Lipinski definition) is 1. The molecule has 0 aliphatic rings. The summed E-state index contributed by atoms with van der Waals surface area (Å²) in [5.74, 6) is -0.318. The monoisotopic (exact) mass is 367 g/mol. The number of carbonyl (C=O) groups excluding carboxylic acids is 1. The predicted molar refractivity (Wildman–Crippen MR) is 84.5 cm³/mol. The average Bonchev–Trinajstić information content (AvgIpc) is 2.80. The smallest absolute Gasteiger partial charge is 0.260 e. The average molecular weight is 369 g/mol. The summed E-state index contributed by atoms with van der Waals surface area (Å²) < 4.78 is 1.97. The molecular formula is C13H7BrClN3OS. The Morgan fingerprint density at radius 2 is 2.20 bits per heavy atom. The van der Waals surface area contributed by atoms with Gasteiger partial charge in [0.15, 0.2) is 5.13 Å². The lowest BCUT2D eigenvalue weighted by atomic mass is 10.3. The van der Waals surface area contributed by atoms with Crippen molar-refractivity contribution >= 4 is 60.1 Å². The van der Waals surface area contributed by atoms with Gasteiger partial charge in [0.2, 0.25) is 0 Å². The van der Waals surface area contributed by atoms with Crippen LogP contribution in [-0.4, -0.2) is 15.9 Å². The molecule has 0 saturated heterocycles. The fourth-order valence-corrected chi connectivity index (χ4v) is 3.29. The van der Waals surface area contributed by atoms with E-state index in [9.17, 15) is 4.79 Å². The highest BCUT2D eigenvalue weighted by Crippen LogP contribution is 2.29. The van der Waals surface area contributed by atoms with Gasteiger partial charge in [-0.25, -0.2) is 9.97 Å². The van der Waals surface area contributed by atoms with Gasteiger partial charge in [-0.2, -0.15) is 0 Å². The molecule has 1 amide bonds. The molecule has 20 heavy (non-hydrogen) atoms. The molecule has 0 spiro atoms. The van der Waals surface area contributed by atoms with Crippen molar-refractivity contribution < 1.29 is 4.79 Å². The minimum atomic E-state index is -0.318. The first-order valence-electron chi connectivity index (χ1n) is 5.61. The molecule has 3 rings (SSSR count). The molecule has 0 aliphatic heterocycles. The Bertz CT molecular complexity index is 805. The maximum absolute atomic E-state index is 12.1. The molecule has 0 bridgehead atoms. The highest BCUT2D eigenvalue weighted by atomic mass is 79.9. The number of aromatic nitrogens is 2. The van der Waals surface area contributed by atoms with Gasteiger partial charge in [0.05, 0.1) is 15.8 Å². The number of carbonyl (C=O) groups is 1. The quantitative estimate of drug-likeness (QED) is 0.684. The Kier molecular flexibility index (Phi) is 3.69. The Balaban J connectivity index is 1.89. The van der Waals surface area contributed by atoms with E-state index in [1.807, 2.05) is 18.2 Å². The normalized spacial score (nSPS) is 10.7. The van der Waals surface area contributed by atoms with Crippen LogP contribution in [0.15, 0.2) is 41.0 Å². The lowest BCUT2D eigenvalue weighted by molar-refractivity contribution is 0.102. The van der Waals surface area contributed by atoms with E-state index in [1.165, 1.54) is 17.5 Å². The molecule has 2 heterocycles. The van der Waals surface area contributed by atoms with Crippen molar-refractivity contribution in [2.75, 3.05) is 5.32 Å². The zero-order valence-electron chi connectivity index (χ0n) is 9.93. The van der Waals surface area contributed by atoms with Crippen LogP contribution in [0.3, 0.4) is 0 Å². The van der Waals surface area contributed by atoms with Crippen molar-refractivity contribution in [2.45, 2.75) is 0 Å². The second kappa shape index (κ2) is 5.47. The van der Waals surface area contributed by atoms with Gasteiger partial charge in [0.1, 0.15) is 5.15 Å². The second-order valence-electron chi connectivity index (χ2n) is 3.93. The third kappa shape index (κ3) is 2.67. The molecule has 100 valence electrons. The Morgan fingerprint density at radius 3 is 3.00 bits per heavy atom. The number of nitrogens with zero attached hydrogens (tertiary/aromatic N) is 2. The molecule has 0 saturated carbocycles. The Hall–Kier alpha value is -1.50. The molecule has 0 aliphatic carbocycles. The van der Waals surface area contributed by atoms with E-state index >= 15 is 0 Å². The van der Waals surface area contributed by atoms with Crippen LogP contribution in [0.2, 0.25) is 5.15 Å². The van der Waals surface area contributed by atoms with Crippen LogP contribution < -0.4 is 5.32 Å². The number of anilines is 1. The maximum atomic E-state index is 12.1. The van der Waals surface area contributed by atoms with Gasteiger partial charge in [-0.15, -0.1) is 0 Å². The largest absolute Gasteiger partial charge is 0.298 e. The van der Waals surface area contributed by atoms with Gasteiger partial charge in [-0.1, -0.05) is 38.9 Å². The van der Waals surface area contributed by atoms with E-state index in [-0.39, 0.29) is 11.1 Å². The third-order valence-electron chi connectivity index (χ3n) is 2.57. The van der Waals surface area contributed by atoms with E-state index in [0.717, 1.165) is 14.7 Å². The number of hydrogen-bond acceptors (Lipinski definition) is 4. The highest BCUT2D eigenvalue weighted by Gasteiger charge is 2.13. The molecule has 2 aromatic heterocycles. The van der Waals surface area contributed by atoms with E-state index in [4.69, 9.17) is 11.6 Å². The molecular weight excluding hydrogens is 362 g/mol. The summed E-state index contributed by atoms with van der Waals surface area (Å²) in [6.45, 7) is 0. The third-order valence-corrected chi connectivity index (χ3v) is 4.30. The number of fused-ring (bicyclic) bond motifs is 1. The first-order chi connectivity index (χ1) is 9.63. The van der Waals surface area contributed by atoms with Gasteiger partial charge in [-0.05, 0) is 30.3 Å².